The minimum Gasteiger partial charge on any atom is -0.462 e. The molecule has 0 radical (unpaired) electrons. The van der Waals surface area contributed by atoms with Crippen molar-refractivity contribution in [3.63, 3.8) is 0 Å². The van der Waals surface area contributed by atoms with E-state index in [0.29, 0.717) is 5.56 Å². The molecule has 0 fully saturated rings. The van der Waals surface area contributed by atoms with Gasteiger partial charge in [0.25, 0.3) is 5.91 Å². The molecule has 0 saturated carbocycles. The number of ether oxygens (including phenoxy) is 1. The number of aromatic nitrogens is 1. The third-order valence-electron chi connectivity index (χ3n) is 3.04. The number of esters is 1. The molecule has 0 unspecified atom stereocenters. The molecule has 116 valence electrons. The Morgan fingerprint density at radius 1 is 1.38 bits per heavy atom. The number of carbonyl (C=O) groups excluding carboxylic acids is 2. The van der Waals surface area contributed by atoms with E-state index in [1.165, 1.54) is 18.3 Å². The van der Waals surface area contributed by atoms with Crippen LogP contribution in [-0.4, -0.2) is 41.2 Å². The van der Waals surface area contributed by atoms with Crippen LogP contribution in [0.25, 0.3) is 0 Å². The largest absolute Gasteiger partial charge is 0.462 e. The first-order valence-corrected chi connectivity index (χ1v) is 6.84. The smallest absolute Gasteiger partial charge is 0.339 e. The molecule has 21 heavy (non-hydrogen) atoms. The van der Waals surface area contributed by atoms with Crippen molar-refractivity contribution in [3.8, 4) is 0 Å². The Morgan fingerprint density at radius 2 is 2.05 bits per heavy atom. The molecule has 0 aliphatic carbocycles. The molecule has 1 heterocycles. The summed E-state index contributed by atoms with van der Waals surface area (Å²) in [5, 5.41) is 12.1. The van der Waals surface area contributed by atoms with Gasteiger partial charge in [-0.25, -0.2) is 4.79 Å². The highest BCUT2D eigenvalue weighted by atomic mass is 16.5. The third kappa shape index (κ3) is 4.82. The second-order valence-electron chi connectivity index (χ2n) is 5.73. The molecule has 0 spiro atoms. The Bertz CT molecular complexity index is 491. The van der Waals surface area contributed by atoms with E-state index in [-0.39, 0.29) is 36.3 Å². The van der Waals surface area contributed by atoms with Crippen molar-refractivity contribution in [3.05, 3.63) is 29.6 Å². The fourth-order valence-corrected chi connectivity index (χ4v) is 1.63. The first-order valence-electron chi connectivity index (χ1n) is 6.84. The summed E-state index contributed by atoms with van der Waals surface area (Å²) in [7, 11) is 0. The first kappa shape index (κ1) is 17.1. The van der Waals surface area contributed by atoms with Crippen molar-refractivity contribution < 1.29 is 19.4 Å². The van der Waals surface area contributed by atoms with Crippen LogP contribution in [0.2, 0.25) is 0 Å². The minimum atomic E-state index is -0.472. The van der Waals surface area contributed by atoms with Crippen molar-refractivity contribution in [1.82, 2.24) is 10.3 Å². The molecule has 0 aromatic carbocycles. The predicted octanol–water partition coefficient (Wildman–Crippen LogP) is 1.40. The summed E-state index contributed by atoms with van der Waals surface area (Å²) < 4.78 is 4.84. The Balaban J connectivity index is 2.78. The lowest BCUT2D eigenvalue weighted by molar-refractivity contribution is 0.0525. The number of aliphatic hydroxyl groups is 1. The summed E-state index contributed by atoms with van der Waals surface area (Å²) in [6, 6.07) is 2.57. The molecule has 1 amide bonds. The van der Waals surface area contributed by atoms with E-state index in [4.69, 9.17) is 4.74 Å². The summed E-state index contributed by atoms with van der Waals surface area (Å²) in [4.78, 5) is 27.5. The number of pyridine rings is 1. The van der Waals surface area contributed by atoms with Gasteiger partial charge in [0.2, 0.25) is 0 Å². The molecule has 0 bridgehead atoms. The van der Waals surface area contributed by atoms with Crippen LogP contribution in [-0.2, 0) is 4.74 Å². The summed E-state index contributed by atoms with van der Waals surface area (Å²) >= 11 is 0. The SMILES string of the molecule is CCOC(=O)c1ccc(C(=O)N[C@H](CO)C(C)(C)C)nc1. The van der Waals surface area contributed by atoms with Crippen molar-refractivity contribution in [2.75, 3.05) is 13.2 Å². The monoisotopic (exact) mass is 294 g/mol. The number of hydrogen-bond donors (Lipinski definition) is 2. The van der Waals surface area contributed by atoms with Crippen LogP contribution in [0.3, 0.4) is 0 Å². The zero-order valence-corrected chi connectivity index (χ0v) is 12.8. The van der Waals surface area contributed by atoms with Crippen molar-refractivity contribution >= 4 is 11.9 Å². The van der Waals surface area contributed by atoms with Crippen LogP contribution in [0.5, 0.6) is 0 Å². The number of hydrogen-bond acceptors (Lipinski definition) is 5. The van der Waals surface area contributed by atoms with Crippen LogP contribution >= 0.6 is 0 Å². The van der Waals surface area contributed by atoms with Gasteiger partial charge in [-0.1, -0.05) is 20.8 Å². The Hall–Kier alpha value is -1.95. The first-order chi connectivity index (χ1) is 9.79. The maximum atomic E-state index is 12.1. The molecule has 0 aliphatic rings. The van der Waals surface area contributed by atoms with Crippen LogP contribution in [0.1, 0.15) is 48.5 Å². The number of nitrogens with one attached hydrogen (secondary N) is 1. The van der Waals surface area contributed by atoms with Gasteiger partial charge in [-0.3, -0.25) is 9.78 Å². The maximum absolute atomic E-state index is 12.1. The minimum absolute atomic E-state index is 0.157. The van der Waals surface area contributed by atoms with Crippen molar-refractivity contribution in [1.29, 1.82) is 0 Å². The van der Waals surface area contributed by atoms with Crippen LogP contribution in [0, 0.1) is 5.41 Å². The van der Waals surface area contributed by atoms with Gasteiger partial charge >= 0.3 is 5.97 Å². The average Bonchev–Trinajstić information content (AvgIpc) is 2.43. The number of amides is 1. The van der Waals surface area contributed by atoms with Gasteiger partial charge in [0.1, 0.15) is 5.69 Å². The normalized spacial score (nSPS) is 12.6. The summed E-state index contributed by atoms with van der Waals surface area (Å²) in [5.74, 6) is -0.862. The summed E-state index contributed by atoms with van der Waals surface area (Å²) in [5.41, 5.74) is 0.212. The molecule has 6 nitrogen and oxygen atoms in total. The summed E-state index contributed by atoms with van der Waals surface area (Å²) in [6.07, 6.45) is 1.30. The average molecular weight is 294 g/mol. The van der Waals surface area contributed by atoms with Gasteiger partial charge < -0.3 is 15.2 Å². The number of nitrogens with zero attached hydrogens (tertiary/aromatic N) is 1. The van der Waals surface area contributed by atoms with E-state index in [2.05, 4.69) is 10.3 Å². The molecule has 6 heteroatoms. The fraction of sp³-hybridized carbons (Fsp3) is 0.533. The Kier molecular flexibility index (Phi) is 5.84. The van der Waals surface area contributed by atoms with Crippen LogP contribution in [0.4, 0.5) is 0 Å². The van der Waals surface area contributed by atoms with E-state index >= 15 is 0 Å². The zero-order chi connectivity index (χ0) is 16.0. The molecule has 2 N–H and O–H groups in total. The fourth-order valence-electron chi connectivity index (χ4n) is 1.63. The topological polar surface area (TPSA) is 88.5 Å². The lowest BCUT2D eigenvalue weighted by atomic mass is 9.87. The van der Waals surface area contributed by atoms with Gasteiger partial charge in [0, 0.05) is 6.20 Å². The second kappa shape index (κ2) is 7.17. The molecule has 1 aromatic rings. The molecule has 0 saturated heterocycles. The zero-order valence-electron chi connectivity index (χ0n) is 12.8. The van der Waals surface area contributed by atoms with Crippen molar-refractivity contribution in [2.45, 2.75) is 33.7 Å². The van der Waals surface area contributed by atoms with E-state index in [1.807, 2.05) is 20.8 Å². The highest BCUT2D eigenvalue weighted by Gasteiger charge is 2.26. The lowest BCUT2D eigenvalue weighted by Crippen LogP contribution is -2.46. The van der Waals surface area contributed by atoms with Crippen LogP contribution < -0.4 is 5.32 Å². The van der Waals surface area contributed by atoms with Gasteiger partial charge in [0.05, 0.1) is 24.8 Å². The molecule has 1 rings (SSSR count). The van der Waals surface area contributed by atoms with E-state index in [1.54, 1.807) is 6.92 Å². The third-order valence-corrected chi connectivity index (χ3v) is 3.04. The van der Waals surface area contributed by atoms with Gasteiger partial charge in [-0.15, -0.1) is 0 Å². The van der Waals surface area contributed by atoms with E-state index in [0.717, 1.165) is 0 Å². The molecule has 1 aromatic heterocycles. The Labute approximate surface area is 124 Å². The lowest BCUT2D eigenvalue weighted by Gasteiger charge is -2.29. The number of aliphatic hydroxyl groups excluding tert-OH is 1. The van der Waals surface area contributed by atoms with Gasteiger partial charge in [-0.05, 0) is 24.5 Å². The van der Waals surface area contributed by atoms with Gasteiger partial charge in [-0.2, -0.15) is 0 Å². The Morgan fingerprint density at radius 3 is 2.48 bits per heavy atom. The standard InChI is InChI=1S/C15H22N2O4/c1-5-21-14(20)10-6-7-11(16-8-10)13(19)17-12(9-18)15(2,3)4/h6-8,12,18H,5,9H2,1-4H3,(H,17,19)/t12-/m1/s1. The number of carbonyl (C=O) groups is 2. The molecular weight excluding hydrogens is 272 g/mol. The molecule has 0 aliphatic heterocycles. The van der Waals surface area contributed by atoms with Crippen molar-refractivity contribution in [2.24, 2.45) is 5.41 Å². The van der Waals surface area contributed by atoms with E-state index < -0.39 is 5.97 Å². The second-order valence-corrected chi connectivity index (χ2v) is 5.73. The predicted molar refractivity (Wildman–Crippen MR) is 78.0 cm³/mol. The van der Waals surface area contributed by atoms with Crippen LogP contribution in [0.15, 0.2) is 18.3 Å². The maximum Gasteiger partial charge on any atom is 0.339 e. The van der Waals surface area contributed by atoms with E-state index in [9.17, 15) is 14.7 Å². The summed E-state index contributed by atoms with van der Waals surface area (Å²) in [6.45, 7) is 7.61. The van der Waals surface area contributed by atoms with Gasteiger partial charge in [0.15, 0.2) is 0 Å². The highest BCUT2D eigenvalue weighted by Crippen LogP contribution is 2.19. The quantitative estimate of drug-likeness (QED) is 0.801. The highest BCUT2D eigenvalue weighted by molar-refractivity contribution is 5.94. The molecular formula is C15H22N2O4. The molecule has 1 atom stereocenters. The number of rotatable bonds is 5.